The van der Waals surface area contributed by atoms with Crippen molar-refractivity contribution in [2.24, 2.45) is 5.92 Å². The summed E-state index contributed by atoms with van der Waals surface area (Å²) in [6, 6.07) is 26.4. The lowest BCUT2D eigenvalue weighted by Crippen LogP contribution is -2.43. The fraction of sp³-hybridized carbons (Fsp3) is 0.154. The molecule has 0 aromatic heterocycles. The number of benzene rings is 3. The van der Waals surface area contributed by atoms with Gasteiger partial charge in [0.2, 0.25) is 0 Å². The smallest absolute Gasteiger partial charge is 0.315 e. The van der Waals surface area contributed by atoms with Crippen LogP contribution in [-0.2, 0) is 14.3 Å². The van der Waals surface area contributed by atoms with Crippen LogP contribution in [0.5, 0.6) is 0 Å². The second-order valence-corrected chi connectivity index (χ2v) is 7.39. The Morgan fingerprint density at radius 1 is 0.867 bits per heavy atom. The highest BCUT2D eigenvalue weighted by Gasteiger charge is 2.42. The van der Waals surface area contributed by atoms with Crippen molar-refractivity contribution in [2.45, 2.75) is 13.0 Å². The summed E-state index contributed by atoms with van der Waals surface area (Å²) >= 11 is 0. The molecule has 0 fully saturated rings. The summed E-state index contributed by atoms with van der Waals surface area (Å²) in [5, 5.41) is 3.08. The Morgan fingerprint density at radius 2 is 1.50 bits per heavy atom. The van der Waals surface area contributed by atoms with E-state index < -0.39 is 12.0 Å². The first-order chi connectivity index (χ1) is 14.6. The number of hydrogen-bond donors (Lipinski definition) is 1. The van der Waals surface area contributed by atoms with Gasteiger partial charge >= 0.3 is 5.97 Å². The average molecular weight is 397 g/mol. The molecule has 0 unspecified atom stereocenters. The van der Waals surface area contributed by atoms with Crippen LogP contribution in [0.2, 0.25) is 0 Å². The summed E-state index contributed by atoms with van der Waals surface area (Å²) in [5.74, 6) is -1.26. The number of carbonyl (C=O) groups excluding carboxylic acids is 2. The third kappa shape index (κ3) is 3.64. The second-order valence-electron chi connectivity index (χ2n) is 7.39. The lowest BCUT2D eigenvalue weighted by atomic mass is 9.76. The van der Waals surface area contributed by atoms with E-state index in [0.29, 0.717) is 11.1 Å². The van der Waals surface area contributed by atoms with Crippen LogP contribution in [0.4, 0.5) is 0 Å². The maximum Gasteiger partial charge on any atom is 0.315 e. The van der Waals surface area contributed by atoms with Crippen LogP contribution in [0.15, 0.2) is 84.9 Å². The van der Waals surface area contributed by atoms with Gasteiger partial charge in [-0.2, -0.15) is 0 Å². The lowest BCUT2D eigenvalue weighted by molar-refractivity contribution is -0.144. The van der Waals surface area contributed by atoms with Crippen LogP contribution in [0.25, 0.3) is 11.1 Å². The zero-order valence-electron chi connectivity index (χ0n) is 17.0. The first-order valence-electron chi connectivity index (χ1n) is 9.90. The van der Waals surface area contributed by atoms with E-state index >= 15 is 0 Å². The number of aryl methyl sites for hydroxylation is 1. The molecule has 2 atom stereocenters. The minimum atomic E-state index is -0.674. The molecule has 4 nitrogen and oxygen atoms in total. The third-order valence-corrected chi connectivity index (χ3v) is 5.43. The standard InChI is InChI=1S/C26H23NO3/c1-17-10-9-15-20(16-17)24-23(26(29)30-2)21(18-11-5-3-6-12-18)22(25(28)27-24)19-13-7-4-8-14-19/h3-16,23-24H,1-2H3,(H,27,28)/t23-,24+/m0/s1. The van der Waals surface area contributed by atoms with E-state index in [1.165, 1.54) is 7.11 Å². The third-order valence-electron chi connectivity index (χ3n) is 5.43. The van der Waals surface area contributed by atoms with Crippen LogP contribution < -0.4 is 5.32 Å². The summed E-state index contributed by atoms with van der Waals surface area (Å²) in [6.45, 7) is 1.99. The number of ether oxygens (including phenoxy) is 1. The topological polar surface area (TPSA) is 55.4 Å². The minimum Gasteiger partial charge on any atom is -0.468 e. The summed E-state index contributed by atoms with van der Waals surface area (Å²) in [5.41, 5.74) is 4.72. The van der Waals surface area contributed by atoms with Gasteiger partial charge in [-0.05, 0) is 29.2 Å². The first-order valence-corrected chi connectivity index (χ1v) is 9.90. The highest BCUT2D eigenvalue weighted by molar-refractivity contribution is 6.30. The molecule has 0 bridgehead atoms. The van der Waals surface area contributed by atoms with Gasteiger partial charge in [-0.3, -0.25) is 9.59 Å². The molecule has 0 saturated heterocycles. The molecule has 30 heavy (non-hydrogen) atoms. The van der Waals surface area contributed by atoms with Crippen LogP contribution in [-0.4, -0.2) is 19.0 Å². The molecule has 1 aliphatic rings. The molecule has 3 aromatic rings. The van der Waals surface area contributed by atoms with Gasteiger partial charge in [-0.15, -0.1) is 0 Å². The van der Waals surface area contributed by atoms with Gasteiger partial charge in [0.1, 0.15) is 5.92 Å². The molecular formula is C26H23NO3. The Hall–Kier alpha value is -3.66. The van der Waals surface area contributed by atoms with Gasteiger partial charge in [0, 0.05) is 0 Å². The van der Waals surface area contributed by atoms with E-state index in [9.17, 15) is 9.59 Å². The van der Waals surface area contributed by atoms with Crippen molar-refractivity contribution in [3.63, 3.8) is 0 Å². The predicted octanol–water partition coefficient (Wildman–Crippen LogP) is 4.57. The highest BCUT2D eigenvalue weighted by Crippen LogP contribution is 2.43. The SMILES string of the molecule is COC(=O)[C@H]1C(c2ccccc2)=C(c2ccccc2)C(=O)N[C@@H]1c1cccc(C)c1. The van der Waals surface area contributed by atoms with E-state index in [1.807, 2.05) is 91.9 Å². The molecular weight excluding hydrogens is 374 g/mol. The molecule has 0 aliphatic carbocycles. The highest BCUT2D eigenvalue weighted by atomic mass is 16.5. The van der Waals surface area contributed by atoms with Crippen molar-refractivity contribution >= 4 is 23.0 Å². The van der Waals surface area contributed by atoms with Gasteiger partial charge in [0.15, 0.2) is 0 Å². The van der Waals surface area contributed by atoms with E-state index in [1.54, 1.807) is 0 Å². The first kappa shape index (κ1) is 19.6. The quantitative estimate of drug-likeness (QED) is 0.657. The zero-order chi connectivity index (χ0) is 21.1. The maximum absolute atomic E-state index is 13.4. The number of esters is 1. The number of nitrogens with one attached hydrogen (secondary N) is 1. The Labute approximate surface area is 176 Å². The fourth-order valence-corrected chi connectivity index (χ4v) is 4.09. The Morgan fingerprint density at radius 3 is 2.10 bits per heavy atom. The van der Waals surface area contributed by atoms with Gasteiger partial charge in [0.05, 0.1) is 18.7 Å². The molecule has 1 N–H and O–H groups in total. The molecule has 0 saturated carbocycles. The fourth-order valence-electron chi connectivity index (χ4n) is 4.09. The zero-order valence-corrected chi connectivity index (χ0v) is 17.0. The molecule has 1 amide bonds. The normalized spacial score (nSPS) is 18.7. The average Bonchev–Trinajstić information content (AvgIpc) is 2.79. The molecule has 0 spiro atoms. The second kappa shape index (κ2) is 8.37. The number of hydrogen-bond acceptors (Lipinski definition) is 3. The Bertz CT molecular complexity index is 1100. The monoisotopic (exact) mass is 397 g/mol. The molecule has 4 rings (SSSR count). The van der Waals surface area contributed by atoms with Gasteiger partial charge in [-0.25, -0.2) is 0 Å². The molecule has 4 heteroatoms. The van der Waals surface area contributed by atoms with E-state index in [0.717, 1.165) is 22.3 Å². The van der Waals surface area contributed by atoms with Gasteiger partial charge in [-0.1, -0.05) is 90.5 Å². The van der Waals surface area contributed by atoms with Crippen molar-refractivity contribution in [3.05, 3.63) is 107 Å². The van der Waals surface area contributed by atoms with Crippen LogP contribution in [0, 0.1) is 12.8 Å². The number of methoxy groups -OCH3 is 1. The van der Waals surface area contributed by atoms with E-state index in [4.69, 9.17) is 4.74 Å². The number of amides is 1. The molecule has 150 valence electrons. The predicted molar refractivity (Wildman–Crippen MR) is 117 cm³/mol. The van der Waals surface area contributed by atoms with Gasteiger partial charge < -0.3 is 10.1 Å². The summed E-state index contributed by atoms with van der Waals surface area (Å²) < 4.78 is 5.22. The Kier molecular flexibility index (Phi) is 5.48. The minimum absolute atomic E-state index is 0.202. The maximum atomic E-state index is 13.4. The van der Waals surface area contributed by atoms with Gasteiger partial charge in [0.25, 0.3) is 5.91 Å². The molecule has 0 radical (unpaired) electrons. The van der Waals surface area contributed by atoms with Crippen LogP contribution in [0.3, 0.4) is 0 Å². The van der Waals surface area contributed by atoms with E-state index in [2.05, 4.69) is 5.32 Å². The van der Waals surface area contributed by atoms with Crippen molar-refractivity contribution in [2.75, 3.05) is 7.11 Å². The molecule has 1 aliphatic heterocycles. The van der Waals surface area contributed by atoms with Crippen LogP contribution >= 0.6 is 0 Å². The number of carbonyl (C=O) groups is 2. The van der Waals surface area contributed by atoms with Crippen LogP contribution in [0.1, 0.15) is 28.3 Å². The number of rotatable bonds is 4. The lowest BCUT2D eigenvalue weighted by Gasteiger charge is -2.35. The van der Waals surface area contributed by atoms with Crippen molar-refractivity contribution in [3.8, 4) is 0 Å². The molecule has 1 heterocycles. The summed E-state index contributed by atoms with van der Waals surface area (Å²) in [7, 11) is 1.39. The summed E-state index contributed by atoms with van der Waals surface area (Å²) in [4.78, 5) is 26.5. The largest absolute Gasteiger partial charge is 0.468 e. The van der Waals surface area contributed by atoms with E-state index in [-0.39, 0.29) is 11.9 Å². The van der Waals surface area contributed by atoms with Crippen molar-refractivity contribution in [1.82, 2.24) is 5.32 Å². The van der Waals surface area contributed by atoms with Crippen molar-refractivity contribution < 1.29 is 14.3 Å². The Balaban J connectivity index is 2.00. The summed E-state index contributed by atoms with van der Waals surface area (Å²) in [6.07, 6.45) is 0. The van der Waals surface area contributed by atoms with Crippen molar-refractivity contribution in [1.29, 1.82) is 0 Å². The molecule has 3 aromatic carbocycles.